The number of β-lactam (4-membered cyclic amide) rings is 1. The van der Waals surface area contributed by atoms with E-state index in [1.54, 1.807) is 0 Å². The number of carbonyl (C=O) groups is 2. The van der Waals surface area contributed by atoms with Crippen LogP contribution in [-0.2, 0) is 18.8 Å². The lowest BCUT2D eigenvalue weighted by Crippen LogP contribution is -2.65. The molecule has 0 bridgehead atoms. The van der Waals surface area contributed by atoms with Gasteiger partial charge in [-0.2, -0.15) is 0 Å². The number of amides is 1. The van der Waals surface area contributed by atoms with Crippen LogP contribution in [-0.4, -0.2) is 32.5 Å². The number of hydrogen-bond donors (Lipinski definition) is 1. The zero-order valence-electron chi connectivity index (χ0n) is 12.9. The topological polar surface area (TPSA) is 64.6 Å². The molecule has 1 aliphatic heterocycles. The van der Waals surface area contributed by atoms with E-state index in [1.807, 2.05) is 6.92 Å². The molecule has 110 valence electrons. The van der Waals surface area contributed by atoms with Gasteiger partial charge in [0, 0.05) is 6.92 Å². The molecule has 3 atom stereocenters. The summed E-state index contributed by atoms with van der Waals surface area (Å²) in [6.45, 7) is 13.9. The second-order valence-electron chi connectivity index (χ2n) is 6.65. The third-order valence-corrected chi connectivity index (χ3v) is 8.57. The molecule has 1 heterocycles. The van der Waals surface area contributed by atoms with Crippen LogP contribution >= 0.6 is 0 Å². The molecule has 0 aromatic carbocycles. The van der Waals surface area contributed by atoms with Crippen LogP contribution in [0.4, 0.5) is 0 Å². The van der Waals surface area contributed by atoms with Crippen molar-refractivity contribution in [3.8, 4) is 0 Å². The first-order valence-corrected chi connectivity index (χ1v) is 9.52. The molecule has 0 aromatic heterocycles. The predicted octanol–water partition coefficient (Wildman–Crippen LogP) is 2.03. The third kappa shape index (κ3) is 3.57. The molecule has 0 saturated carbocycles. The van der Waals surface area contributed by atoms with Gasteiger partial charge in [0.05, 0.1) is 6.10 Å². The van der Waals surface area contributed by atoms with E-state index >= 15 is 0 Å². The molecule has 1 rings (SSSR count). The van der Waals surface area contributed by atoms with Gasteiger partial charge < -0.3 is 14.5 Å². The number of ether oxygens (including phenoxy) is 1. The lowest BCUT2D eigenvalue weighted by Gasteiger charge is -2.44. The van der Waals surface area contributed by atoms with Crippen LogP contribution < -0.4 is 5.32 Å². The van der Waals surface area contributed by atoms with E-state index < -0.39 is 26.4 Å². The summed E-state index contributed by atoms with van der Waals surface area (Å²) < 4.78 is 11.2. The van der Waals surface area contributed by atoms with Crippen molar-refractivity contribution in [1.82, 2.24) is 5.32 Å². The Hall–Kier alpha value is -0.883. The maximum absolute atomic E-state index is 11.6. The standard InChI is InChI=1S/C13H25NO4Si/c1-8(18-19(6,7)13(3,4)5)10-11(16)14-12(10)17-9(2)15/h8,10,12H,1-7H3,(H,14,16)/t8?,10-,12+/m0/s1. The third-order valence-electron chi connectivity index (χ3n) is 4.00. The van der Waals surface area contributed by atoms with Crippen molar-refractivity contribution >= 4 is 20.2 Å². The fraction of sp³-hybridized carbons (Fsp3) is 0.846. The van der Waals surface area contributed by atoms with Crippen LogP contribution in [0.3, 0.4) is 0 Å². The monoisotopic (exact) mass is 287 g/mol. The van der Waals surface area contributed by atoms with Gasteiger partial charge >= 0.3 is 5.97 Å². The Labute approximate surface area is 116 Å². The van der Waals surface area contributed by atoms with E-state index in [2.05, 4.69) is 39.2 Å². The molecule has 19 heavy (non-hydrogen) atoms. The first kappa shape index (κ1) is 16.2. The molecule has 1 N–H and O–H groups in total. The highest BCUT2D eigenvalue weighted by atomic mass is 28.4. The highest BCUT2D eigenvalue weighted by Crippen LogP contribution is 2.39. The van der Waals surface area contributed by atoms with Crippen molar-refractivity contribution in [1.29, 1.82) is 0 Å². The van der Waals surface area contributed by atoms with Gasteiger partial charge in [-0.05, 0) is 25.1 Å². The number of hydrogen-bond acceptors (Lipinski definition) is 4. The second kappa shape index (κ2) is 5.24. The first-order chi connectivity index (χ1) is 8.45. The highest BCUT2D eigenvalue weighted by molar-refractivity contribution is 6.74. The predicted molar refractivity (Wildman–Crippen MR) is 74.9 cm³/mol. The summed E-state index contributed by atoms with van der Waals surface area (Å²) in [5, 5.41) is 2.66. The number of carbonyl (C=O) groups excluding carboxylic acids is 2. The van der Waals surface area contributed by atoms with Crippen molar-refractivity contribution in [2.24, 2.45) is 5.92 Å². The summed E-state index contributed by atoms with van der Waals surface area (Å²) in [6, 6.07) is 0. The van der Waals surface area contributed by atoms with Gasteiger partial charge in [-0.1, -0.05) is 20.8 Å². The van der Waals surface area contributed by atoms with E-state index in [9.17, 15) is 9.59 Å². The van der Waals surface area contributed by atoms with E-state index in [1.165, 1.54) is 6.92 Å². The van der Waals surface area contributed by atoms with E-state index in [0.717, 1.165) is 0 Å². The van der Waals surface area contributed by atoms with Gasteiger partial charge in [0.15, 0.2) is 14.5 Å². The molecule has 5 nitrogen and oxygen atoms in total. The minimum atomic E-state index is -1.93. The average molecular weight is 287 g/mol. The van der Waals surface area contributed by atoms with Crippen molar-refractivity contribution in [2.45, 2.75) is 65.1 Å². The maximum Gasteiger partial charge on any atom is 0.304 e. The Kier molecular flexibility index (Phi) is 4.46. The molecule has 1 fully saturated rings. The Morgan fingerprint density at radius 1 is 1.37 bits per heavy atom. The molecule has 0 aliphatic carbocycles. The van der Waals surface area contributed by atoms with Crippen LogP contribution in [0, 0.1) is 5.92 Å². The Balaban J connectivity index is 2.69. The van der Waals surface area contributed by atoms with Crippen LogP contribution in [0.15, 0.2) is 0 Å². The lowest BCUT2D eigenvalue weighted by atomic mass is 9.93. The van der Waals surface area contributed by atoms with Crippen molar-refractivity contribution in [3.63, 3.8) is 0 Å². The SMILES string of the molecule is CC(=O)O[C@H]1NC(=O)[C@@H]1C(C)O[Si](C)(C)C(C)(C)C. The molecular weight excluding hydrogens is 262 g/mol. The van der Waals surface area contributed by atoms with Gasteiger partial charge in [0.1, 0.15) is 5.92 Å². The molecule has 1 unspecified atom stereocenters. The van der Waals surface area contributed by atoms with Gasteiger partial charge in [-0.15, -0.1) is 0 Å². The second-order valence-corrected chi connectivity index (χ2v) is 11.4. The van der Waals surface area contributed by atoms with Crippen molar-refractivity contribution in [3.05, 3.63) is 0 Å². The summed E-state index contributed by atoms with van der Waals surface area (Å²) >= 11 is 0. The fourth-order valence-electron chi connectivity index (χ4n) is 1.82. The lowest BCUT2D eigenvalue weighted by molar-refractivity contribution is -0.173. The quantitative estimate of drug-likeness (QED) is 0.488. The molecule has 1 saturated heterocycles. The maximum atomic E-state index is 11.6. The zero-order valence-corrected chi connectivity index (χ0v) is 13.9. The normalized spacial score (nSPS) is 25.3. The number of rotatable bonds is 4. The Morgan fingerprint density at radius 3 is 2.26 bits per heavy atom. The fourth-order valence-corrected chi connectivity index (χ4v) is 3.25. The van der Waals surface area contributed by atoms with Gasteiger partial charge in [0.25, 0.3) is 0 Å². The van der Waals surface area contributed by atoms with Crippen LogP contribution in [0.5, 0.6) is 0 Å². The van der Waals surface area contributed by atoms with Crippen molar-refractivity contribution < 1.29 is 18.8 Å². The van der Waals surface area contributed by atoms with Crippen LogP contribution in [0.2, 0.25) is 18.1 Å². The van der Waals surface area contributed by atoms with Crippen LogP contribution in [0.25, 0.3) is 0 Å². The minimum absolute atomic E-state index is 0.0818. The number of esters is 1. The molecule has 6 heteroatoms. The summed E-state index contributed by atoms with van der Waals surface area (Å²) in [5.41, 5.74) is 0. The summed E-state index contributed by atoms with van der Waals surface area (Å²) in [6.07, 6.45) is -0.802. The van der Waals surface area contributed by atoms with E-state index in [-0.39, 0.29) is 17.0 Å². The van der Waals surface area contributed by atoms with Crippen LogP contribution in [0.1, 0.15) is 34.6 Å². The minimum Gasteiger partial charge on any atom is -0.441 e. The summed E-state index contributed by atoms with van der Waals surface area (Å²) in [4.78, 5) is 22.6. The average Bonchev–Trinajstić information content (AvgIpc) is 2.12. The van der Waals surface area contributed by atoms with Gasteiger partial charge in [-0.3, -0.25) is 9.59 Å². The van der Waals surface area contributed by atoms with Gasteiger partial charge in [0.2, 0.25) is 5.91 Å². The van der Waals surface area contributed by atoms with E-state index in [4.69, 9.17) is 9.16 Å². The molecule has 1 amide bonds. The first-order valence-electron chi connectivity index (χ1n) is 6.61. The number of nitrogens with one attached hydrogen (secondary N) is 1. The van der Waals surface area contributed by atoms with Gasteiger partial charge in [-0.25, -0.2) is 0 Å². The molecule has 1 aliphatic rings. The Bertz CT molecular complexity index is 375. The van der Waals surface area contributed by atoms with E-state index in [0.29, 0.717) is 0 Å². The molecule has 0 aromatic rings. The molecule has 0 spiro atoms. The molecule has 0 radical (unpaired) electrons. The summed E-state index contributed by atoms with van der Waals surface area (Å²) in [7, 11) is -1.93. The summed E-state index contributed by atoms with van der Waals surface area (Å²) in [5.74, 6) is -0.912. The zero-order chi connectivity index (χ0) is 15.0. The highest BCUT2D eigenvalue weighted by Gasteiger charge is 2.49. The largest absolute Gasteiger partial charge is 0.441 e. The van der Waals surface area contributed by atoms with Crippen molar-refractivity contribution in [2.75, 3.05) is 0 Å². The molecular formula is C13H25NO4Si. The Morgan fingerprint density at radius 2 is 1.89 bits per heavy atom. The smallest absolute Gasteiger partial charge is 0.304 e.